The number of rotatable bonds is 2. The molecule has 2 aromatic carbocycles. The maximum atomic E-state index is 14.1. The van der Waals surface area contributed by atoms with Crippen LogP contribution >= 0.6 is 0 Å². The molecule has 1 saturated heterocycles. The van der Waals surface area contributed by atoms with Crippen LogP contribution in [0.4, 0.5) is 10.1 Å². The zero-order valence-corrected chi connectivity index (χ0v) is 17.2. The number of amides is 2. The van der Waals surface area contributed by atoms with Crippen molar-refractivity contribution in [3.8, 4) is 0 Å². The fourth-order valence-corrected chi connectivity index (χ4v) is 3.75. The van der Waals surface area contributed by atoms with Gasteiger partial charge < -0.3 is 9.31 Å². The number of benzene rings is 2. The van der Waals surface area contributed by atoms with Crippen molar-refractivity contribution in [1.82, 2.24) is 0 Å². The molecular weight excluding hydrogens is 372 g/mol. The zero-order chi connectivity index (χ0) is 21.1. The van der Waals surface area contributed by atoms with E-state index in [-0.39, 0.29) is 17.5 Å². The third-order valence-corrected chi connectivity index (χ3v) is 6.22. The minimum Gasteiger partial charge on any atom is -0.399 e. The standard InChI is InChI=1S/C22H23BFNO4/c1-13-16(23-28-21(2,3)22(4,5)29-23)9-7-11-18(13)25-19(26)12-15-14(20(25)27)8-6-10-17(15)24/h6-11H,12H2,1-5H3. The summed E-state index contributed by atoms with van der Waals surface area (Å²) in [7, 11) is -0.611. The number of imide groups is 1. The molecular formula is C22H23BFNO4. The van der Waals surface area contributed by atoms with Gasteiger partial charge in [-0.25, -0.2) is 9.29 Å². The van der Waals surface area contributed by atoms with Gasteiger partial charge in [0, 0.05) is 11.1 Å². The first-order valence-corrected chi connectivity index (χ1v) is 9.63. The number of hydrogen-bond acceptors (Lipinski definition) is 4. The molecule has 2 heterocycles. The third-order valence-electron chi connectivity index (χ3n) is 6.22. The Morgan fingerprint density at radius 2 is 1.62 bits per heavy atom. The second-order valence-corrected chi connectivity index (χ2v) is 8.56. The van der Waals surface area contributed by atoms with E-state index in [1.165, 1.54) is 12.1 Å². The number of hydrogen-bond donors (Lipinski definition) is 0. The van der Waals surface area contributed by atoms with E-state index in [4.69, 9.17) is 9.31 Å². The molecule has 2 aliphatic rings. The quantitative estimate of drug-likeness (QED) is 0.579. The normalized spacial score (nSPS) is 20.2. The Morgan fingerprint density at radius 3 is 2.28 bits per heavy atom. The highest BCUT2D eigenvalue weighted by atomic mass is 19.1. The van der Waals surface area contributed by atoms with Crippen molar-refractivity contribution in [2.24, 2.45) is 0 Å². The van der Waals surface area contributed by atoms with E-state index < -0.39 is 36.0 Å². The molecule has 0 unspecified atom stereocenters. The molecule has 0 atom stereocenters. The van der Waals surface area contributed by atoms with Crippen LogP contribution in [0.3, 0.4) is 0 Å². The minimum absolute atomic E-state index is 0.151. The highest BCUT2D eigenvalue weighted by molar-refractivity contribution is 6.63. The van der Waals surface area contributed by atoms with Crippen LogP contribution in [-0.4, -0.2) is 30.1 Å². The number of carbonyl (C=O) groups excluding carboxylic acids is 2. The molecule has 2 aliphatic heterocycles. The second-order valence-electron chi connectivity index (χ2n) is 8.56. The SMILES string of the molecule is Cc1c(B2OC(C)(C)C(C)(C)O2)cccc1N1C(=O)Cc2c(F)cccc2C1=O. The Labute approximate surface area is 169 Å². The van der Waals surface area contributed by atoms with E-state index >= 15 is 0 Å². The van der Waals surface area contributed by atoms with Crippen molar-refractivity contribution in [2.75, 3.05) is 4.90 Å². The molecule has 2 aromatic rings. The molecule has 0 N–H and O–H groups in total. The number of anilines is 1. The molecule has 7 heteroatoms. The average Bonchev–Trinajstić information content (AvgIpc) is 2.85. The smallest absolute Gasteiger partial charge is 0.399 e. The first-order valence-electron chi connectivity index (χ1n) is 9.63. The van der Waals surface area contributed by atoms with Gasteiger partial charge in [-0.2, -0.15) is 0 Å². The Hall–Kier alpha value is -2.51. The van der Waals surface area contributed by atoms with E-state index in [0.717, 1.165) is 10.4 Å². The summed E-state index contributed by atoms with van der Waals surface area (Å²) < 4.78 is 26.4. The van der Waals surface area contributed by atoms with Crippen molar-refractivity contribution in [3.63, 3.8) is 0 Å². The lowest BCUT2D eigenvalue weighted by Crippen LogP contribution is -2.45. The van der Waals surface area contributed by atoms with Gasteiger partial charge in [-0.15, -0.1) is 0 Å². The first-order chi connectivity index (χ1) is 13.5. The lowest BCUT2D eigenvalue weighted by molar-refractivity contribution is -0.117. The Kier molecular flexibility index (Phi) is 4.44. The maximum Gasteiger partial charge on any atom is 0.495 e. The summed E-state index contributed by atoms with van der Waals surface area (Å²) in [4.78, 5) is 27.0. The summed E-state index contributed by atoms with van der Waals surface area (Å²) in [5.41, 5.74) is 1.28. The van der Waals surface area contributed by atoms with Gasteiger partial charge in [0.25, 0.3) is 5.91 Å². The van der Waals surface area contributed by atoms with Gasteiger partial charge in [0.2, 0.25) is 5.91 Å². The molecule has 0 aromatic heterocycles. The highest BCUT2D eigenvalue weighted by Crippen LogP contribution is 2.37. The van der Waals surface area contributed by atoms with Gasteiger partial charge in [-0.1, -0.05) is 18.2 Å². The van der Waals surface area contributed by atoms with E-state index in [9.17, 15) is 14.0 Å². The van der Waals surface area contributed by atoms with Gasteiger partial charge in [0.15, 0.2) is 0 Å². The van der Waals surface area contributed by atoms with Crippen molar-refractivity contribution in [1.29, 1.82) is 0 Å². The fourth-order valence-electron chi connectivity index (χ4n) is 3.75. The van der Waals surface area contributed by atoms with E-state index in [0.29, 0.717) is 11.3 Å². The van der Waals surface area contributed by atoms with E-state index in [1.807, 2.05) is 40.7 Å². The number of nitrogens with zero attached hydrogens (tertiary/aromatic N) is 1. The average molecular weight is 395 g/mol. The molecule has 1 fully saturated rings. The Balaban J connectivity index is 1.75. The minimum atomic E-state index is -0.611. The van der Waals surface area contributed by atoms with Gasteiger partial charge >= 0.3 is 7.12 Å². The third kappa shape index (κ3) is 3.00. The summed E-state index contributed by atoms with van der Waals surface area (Å²) in [6.45, 7) is 9.70. The lowest BCUT2D eigenvalue weighted by Gasteiger charge is -2.32. The predicted molar refractivity (Wildman–Crippen MR) is 109 cm³/mol. The second kappa shape index (κ2) is 6.50. The number of fused-ring (bicyclic) bond motifs is 1. The van der Waals surface area contributed by atoms with Gasteiger partial charge in [0.1, 0.15) is 5.82 Å². The molecule has 0 radical (unpaired) electrons. The lowest BCUT2D eigenvalue weighted by atomic mass is 9.75. The summed E-state index contributed by atoms with van der Waals surface area (Å²) in [6.07, 6.45) is -0.159. The first kappa shape index (κ1) is 19.8. The monoisotopic (exact) mass is 395 g/mol. The molecule has 0 aliphatic carbocycles. The molecule has 2 amide bonds. The summed E-state index contributed by atoms with van der Waals surface area (Å²) in [5.74, 6) is -1.52. The van der Waals surface area contributed by atoms with Crippen LogP contribution in [0.15, 0.2) is 36.4 Å². The maximum absolute atomic E-state index is 14.1. The summed E-state index contributed by atoms with van der Waals surface area (Å²) in [6, 6.07) is 9.64. The van der Waals surface area contributed by atoms with Crippen LogP contribution < -0.4 is 10.4 Å². The van der Waals surface area contributed by atoms with Crippen LogP contribution in [0, 0.1) is 12.7 Å². The molecule has 0 spiro atoms. The number of carbonyl (C=O) groups is 2. The van der Waals surface area contributed by atoms with Crippen molar-refractivity contribution < 1.29 is 23.3 Å². The van der Waals surface area contributed by atoms with E-state index in [2.05, 4.69) is 0 Å². The largest absolute Gasteiger partial charge is 0.495 e. The van der Waals surface area contributed by atoms with Gasteiger partial charge in [-0.3, -0.25) is 9.59 Å². The van der Waals surface area contributed by atoms with Crippen molar-refractivity contribution >= 4 is 30.1 Å². The van der Waals surface area contributed by atoms with Crippen molar-refractivity contribution in [2.45, 2.75) is 52.2 Å². The van der Waals surface area contributed by atoms with Crippen LogP contribution in [0.2, 0.25) is 0 Å². The fraction of sp³-hybridized carbons (Fsp3) is 0.364. The summed E-state index contributed by atoms with van der Waals surface area (Å²) >= 11 is 0. The van der Waals surface area contributed by atoms with Crippen LogP contribution in [0.5, 0.6) is 0 Å². The van der Waals surface area contributed by atoms with Crippen molar-refractivity contribution in [3.05, 3.63) is 58.9 Å². The highest BCUT2D eigenvalue weighted by Gasteiger charge is 2.52. The summed E-state index contributed by atoms with van der Waals surface area (Å²) in [5, 5.41) is 0. The van der Waals surface area contributed by atoms with Crippen LogP contribution in [0.1, 0.15) is 49.2 Å². The molecule has 4 rings (SSSR count). The Morgan fingerprint density at radius 1 is 1.00 bits per heavy atom. The molecule has 150 valence electrons. The molecule has 0 saturated carbocycles. The van der Waals surface area contributed by atoms with E-state index in [1.54, 1.807) is 18.2 Å². The predicted octanol–water partition coefficient (Wildman–Crippen LogP) is 3.16. The van der Waals surface area contributed by atoms with Crippen LogP contribution in [-0.2, 0) is 20.5 Å². The number of halogens is 1. The zero-order valence-electron chi connectivity index (χ0n) is 17.2. The molecule has 29 heavy (non-hydrogen) atoms. The van der Waals surface area contributed by atoms with Gasteiger partial charge in [-0.05, 0) is 63.8 Å². The Bertz CT molecular complexity index is 1020. The van der Waals surface area contributed by atoms with Crippen LogP contribution in [0.25, 0.3) is 0 Å². The van der Waals surface area contributed by atoms with Gasteiger partial charge in [0.05, 0.1) is 23.3 Å². The topological polar surface area (TPSA) is 55.8 Å². The molecule has 5 nitrogen and oxygen atoms in total. The molecule has 0 bridgehead atoms.